The van der Waals surface area contributed by atoms with Gasteiger partial charge in [-0.25, -0.2) is 4.39 Å². The average Bonchev–Trinajstić information content (AvgIpc) is 2.69. The summed E-state index contributed by atoms with van der Waals surface area (Å²) < 4.78 is 16.5. The molecule has 1 N–H and O–H groups in total. The van der Waals surface area contributed by atoms with Gasteiger partial charge in [-0.1, -0.05) is 12.1 Å². The Morgan fingerprint density at radius 3 is 2.71 bits per heavy atom. The molecule has 1 aromatic carbocycles. The van der Waals surface area contributed by atoms with E-state index < -0.39 is 5.82 Å². The van der Waals surface area contributed by atoms with Gasteiger partial charge >= 0.3 is 0 Å². The van der Waals surface area contributed by atoms with Crippen LogP contribution >= 0.6 is 22.6 Å². The summed E-state index contributed by atoms with van der Waals surface area (Å²) in [7, 11) is 0. The molecular weight excluding hydrogens is 384 g/mol. The number of aromatic nitrogens is 2. The van der Waals surface area contributed by atoms with Gasteiger partial charge in [0.25, 0.3) is 0 Å². The van der Waals surface area contributed by atoms with Crippen LogP contribution in [0.15, 0.2) is 24.3 Å². The molecule has 0 spiro atoms. The molecule has 21 heavy (non-hydrogen) atoms. The monoisotopic (exact) mass is 401 g/mol. The summed E-state index contributed by atoms with van der Waals surface area (Å²) in [4.78, 5) is 11.8. The van der Waals surface area contributed by atoms with Crippen LogP contribution in [0.25, 0.3) is 0 Å². The van der Waals surface area contributed by atoms with Gasteiger partial charge in [0.15, 0.2) is 0 Å². The third-order valence-corrected chi connectivity index (χ3v) is 4.78. The largest absolute Gasteiger partial charge is 0.324 e. The number of nitrogens with one attached hydrogen (secondary N) is 1. The highest BCUT2D eigenvalue weighted by Gasteiger charge is 2.10. The number of carbonyl (C=O) groups excluding carboxylic acids is 1. The van der Waals surface area contributed by atoms with Crippen molar-refractivity contribution in [3.8, 4) is 0 Å². The molecule has 4 nitrogen and oxygen atoms in total. The van der Waals surface area contributed by atoms with Crippen molar-refractivity contribution in [1.82, 2.24) is 9.78 Å². The topological polar surface area (TPSA) is 46.9 Å². The number of amides is 1. The minimum Gasteiger partial charge on any atom is -0.324 e. The molecule has 6 heteroatoms. The van der Waals surface area contributed by atoms with Crippen molar-refractivity contribution in [2.75, 3.05) is 5.32 Å². The summed E-state index contributed by atoms with van der Waals surface area (Å²) in [5.74, 6) is -0.602. The molecule has 0 atom stereocenters. The second-order valence-corrected chi connectivity index (χ2v) is 5.92. The number of para-hydroxylation sites is 1. The van der Waals surface area contributed by atoms with Crippen LogP contribution in [-0.4, -0.2) is 15.7 Å². The van der Waals surface area contributed by atoms with Crippen molar-refractivity contribution in [1.29, 1.82) is 0 Å². The van der Waals surface area contributed by atoms with Crippen LogP contribution in [-0.2, 0) is 11.3 Å². The van der Waals surface area contributed by atoms with Crippen molar-refractivity contribution in [2.45, 2.75) is 33.2 Å². The predicted molar refractivity (Wildman–Crippen MR) is 88.7 cm³/mol. The van der Waals surface area contributed by atoms with Crippen LogP contribution < -0.4 is 5.32 Å². The maximum atomic E-state index is 13.4. The molecule has 1 aromatic heterocycles. The van der Waals surface area contributed by atoms with E-state index in [-0.39, 0.29) is 11.6 Å². The number of anilines is 1. The van der Waals surface area contributed by atoms with Crippen LogP contribution in [0.1, 0.15) is 24.2 Å². The maximum absolute atomic E-state index is 13.4. The van der Waals surface area contributed by atoms with Crippen LogP contribution in [0.2, 0.25) is 0 Å². The first-order chi connectivity index (χ1) is 9.99. The Labute approximate surface area is 136 Å². The van der Waals surface area contributed by atoms with Gasteiger partial charge in [0.1, 0.15) is 5.82 Å². The van der Waals surface area contributed by atoms with E-state index >= 15 is 0 Å². The normalized spacial score (nSPS) is 10.7. The van der Waals surface area contributed by atoms with Gasteiger partial charge in [-0.3, -0.25) is 9.48 Å². The maximum Gasteiger partial charge on any atom is 0.224 e. The second-order valence-electron chi connectivity index (χ2n) is 4.84. The van der Waals surface area contributed by atoms with E-state index in [1.807, 2.05) is 18.5 Å². The molecule has 1 amide bonds. The van der Waals surface area contributed by atoms with Gasteiger partial charge in [0.05, 0.1) is 15.0 Å². The van der Waals surface area contributed by atoms with E-state index in [9.17, 15) is 9.18 Å². The lowest BCUT2D eigenvalue weighted by atomic mass is 10.2. The van der Waals surface area contributed by atoms with Gasteiger partial charge in [0, 0.05) is 18.7 Å². The molecule has 0 aliphatic heterocycles. The Morgan fingerprint density at radius 1 is 1.38 bits per heavy atom. The molecule has 0 saturated heterocycles. The summed E-state index contributed by atoms with van der Waals surface area (Å²) in [6.45, 7) is 4.66. The third kappa shape index (κ3) is 4.03. The molecule has 2 aromatic rings. The lowest BCUT2D eigenvalue weighted by Crippen LogP contribution is -2.14. The molecule has 0 aliphatic rings. The summed E-state index contributed by atoms with van der Waals surface area (Å²) in [5, 5.41) is 7.00. The Bertz CT molecular complexity index is 654. The molecule has 1 heterocycles. The lowest BCUT2D eigenvalue weighted by Gasteiger charge is -2.07. The Morgan fingerprint density at radius 2 is 2.10 bits per heavy atom. The van der Waals surface area contributed by atoms with Crippen molar-refractivity contribution in [3.05, 3.63) is 45.0 Å². The van der Waals surface area contributed by atoms with E-state index in [0.29, 0.717) is 19.4 Å². The number of rotatable bonds is 5. The molecule has 0 unspecified atom stereocenters. The highest BCUT2D eigenvalue weighted by Crippen LogP contribution is 2.16. The molecule has 2 rings (SSSR count). The van der Waals surface area contributed by atoms with Crippen molar-refractivity contribution < 1.29 is 9.18 Å². The Balaban J connectivity index is 1.85. The number of halogens is 2. The molecule has 0 aliphatic carbocycles. The number of carbonyl (C=O) groups is 1. The fourth-order valence-corrected chi connectivity index (χ4v) is 2.44. The van der Waals surface area contributed by atoms with Crippen LogP contribution in [0.4, 0.5) is 10.1 Å². The zero-order valence-corrected chi connectivity index (χ0v) is 14.1. The van der Waals surface area contributed by atoms with Gasteiger partial charge in [-0.2, -0.15) is 5.10 Å². The molecular formula is C15H17FIN3O. The van der Waals surface area contributed by atoms with Gasteiger partial charge in [-0.05, 0) is 55.0 Å². The first-order valence-electron chi connectivity index (χ1n) is 6.73. The zero-order valence-electron chi connectivity index (χ0n) is 12.0. The minimum atomic E-state index is -0.418. The van der Waals surface area contributed by atoms with Crippen LogP contribution in [0.3, 0.4) is 0 Å². The third-order valence-electron chi connectivity index (χ3n) is 3.21. The number of benzene rings is 1. The number of hydrogen-bond donors (Lipinski definition) is 1. The molecule has 0 saturated carbocycles. The summed E-state index contributed by atoms with van der Waals surface area (Å²) in [6.07, 6.45) is 1.00. The fraction of sp³-hybridized carbons (Fsp3) is 0.333. The lowest BCUT2D eigenvalue weighted by molar-refractivity contribution is -0.116. The molecule has 0 radical (unpaired) electrons. The van der Waals surface area contributed by atoms with Crippen LogP contribution in [0.5, 0.6) is 0 Å². The van der Waals surface area contributed by atoms with Crippen molar-refractivity contribution in [2.24, 2.45) is 0 Å². The molecule has 112 valence electrons. The predicted octanol–water partition coefficient (Wildman–Crippen LogP) is 3.66. The summed E-state index contributed by atoms with van der Waals surface area (Å²) in [5.41, 5.74) is 2.34. The first-order valence-corrected chi connectivity index (χ1v) is 7.81. The van der Waals surface area contributed by atoms with Gasteiger partial charge in [0.2, 0.25) is 5.91 Å². The van der Waals surface area contributed by atoms with E-state index in [2.05, 4.69) is 33.0 Å². The summed E-state index contributed by atoms with van der Waals surface area (Å²) >= 11 is 2.27. The Kier molecular flexibility index (Phi) is 5.33. The second kappa shape index (κ2) is 7.02. The fourth-order valence-electron chi connectivity index (χ4n) is 2.06. The quantitative estimate of drug-likeness (QED) is 0.778. The van der Waals surface area contributed by atoms with Gasteiger partial charge in [-0.15, -0.1) is 0 Å². The van der Waals surface area contributed by atoms with Crippen molar-refractivity contribution >= 4 is 34.2 Å². The smallest absolute Gasteiger partial charge is 0.224 e. The summed E-state index contributed by atoms with van der Waals surface area (Å²) in [6, 6.07) is 6.16. The van der Waals surface area contributed by atoms with Gasteiger partial charge < -0.3 is 5.32 Å². The molecule has 0 fully saturated rings. The highest BCUT2D eigenvalue weighted by atomic mass is 127. The van der Waals surface area contributed by atoms with Crippen LogP contribution in [0, 0.1) is 23.2 Å². The highest BCUT2D eigenvalue weighted by molar-refractivity contribution is 14.1. The zero-order chi connectivity index (χ0) is 15.4. The number of nitrogens with zero attached hydrogens (tertiary/aromatic N) is 2. The van der Waals surface area contributed by atoms with E-state index in [1.54, 1.807) is 18.2 Å². The van der Waals surface area contributed by atoms with E-state index in [1.165, 1.54) is 6.07 Å². The SMILES string of the molecule is Cc1nn(CCCC(=O)Nc2ccccc2F)c(C)c1I. The molecule has 0 bridgehead atoms. The first kappa shape index (κ1) is 15.9. The Hall–Kier alpha value is -1.44. The average molecular weight is 401 g/mol. The van der Waals surface area contributed by atoms with E-state index in [0.717, 1.165) is 15.0 Å². The standard InChI is InChI=1S/C15H17FIN3O/c1-10-15(17)11(2)20(19-10)9-5-8-14(21)18-13-7-4-3-6-12(13)16/h3-4,6-7H,5,8-9H2,1-2H3,(H,18,21). The van der Waals surface area contributed by atoms with E-state index in [4.69, 9.17) is 0 Å². The number of hydrogen-bond acceptors (Lipinski definition) is 2. The van der Waals surface area contributed by atoms with Crippen molar-refractivity contribution in [3.63, 3.8) is 0 Å². The number of aryl methyl sites for hydroxylation is 2. The minimum absolute atomic E-state index is 0.184.